The third-order valence-electron chi connectivity index (χ3n) is 2.49. The van der Waals surface area contributed by atoms with Gasteiger partial charge in [-0.1, -0.05) is 13.8 Å². The molecule has 0 rings (SSSR count). The molecule has 0 bridgehead atoms. The summed E-state index contributed by atoms with van der Waals surface area (Å²) >= 11 is 0. The van der Waals surface area contributed by atoms with Crippen molar-refractivity contribution in [1.82, 2.24) is 15.5 Å². The molecule has 0 heterocycles. The van der Waals surface area contributed by atoms with Crippen LogP contribution in [-0.4, -0.2) is 49.6 Å². The highest BCUT2D eigenvalue weighted by Crippen LogP contribution is 2.05. The molecule has 0 saturated heterocycles. The van der Waals surface area contributed by atoms with Gasteiger partial charge in [-0.15, -0.1) is 0 Å². The Labute approximate surface area is 113 Å². The molecule has 18 heavy (non-hydrogen) atoms. The van der Waals surface area contributed by atoms with E-state index < -0.39 is 0 Å². The van der Waals surface area contributed by atoms with Crippen molar-refractivity contribution in [3.8, 4) is 0 Å². The van der Waals surface area contributed by atoms with Gasteiger partial charge < -0.3 is 15.5 Å². The molecule has 1 unspecified atom stereocenters. The molecule has 0 aromatic heterocycles. The lowest BCUT2D eigenvalue weighted by atomic mass is 10.0. The van der Waals surface area contributed by atoms with Crippen LogP contribution in [0.1, 0.15) is 41.0 Å². The molecule has 0 saturated carbocycles. The minimum atomic E-state index is -0.0214. The van der Waals surface area contributed by atoms with Crippen molar-refractivity contribution in [2.75, 3.05) is 27.2 Å². The number of nitrogens with zero attached hydrogens (tertiary/aromatic N) is 1. The number of carbonyl (C=O) groups is 1. The van der Waals surface area contributed by atoms with E-state index in [1.54, 1.807) is 0 Å². The molecule has 0 spiro atoms. The van der Waals surface area contributed by atoms with Crippen molar-refractivity contribution < 1.29 is 4.79 Å². The topological polar surface area (TPSA) is 44.4 Å². The molecule has 0 aromatic carbocycles. The van der Waals surface area contributed by atoms with Crippen molar-refractivity contribution in [2.24, 2.45) is 5.92 Å². The average molecular weight is 257 g/mol. The minimum Gasteiger partial charge on any atom is -0.351 e. The molecule has 0 fully saturated rings. The van der Waals surface area contributed by atoms with Gasteiger partial charge in [-0.3, -0.25) is 4.79 Å². The summed E-state index contributed by atoms with van der Waals surface area (Å²) in [5.74, 6) is 0.670. The maximum Gasteiger partial charge on any atom is 0.234 e. The summed E-state index contributed by atoms with van der Waals surface area (Å²) in [5.41, 5.74) is -0.0214. The van der Waals surface area contributed by atoms with E-state index in [0.717, 1.165) is 13.0 Å². The molecule has 2 N–H and O–H groups in total. The van der Waals surface area contributed by atoms with Gasteiger partial charge >= 0.3 is 0 Å². The Morgan fingerprint density at radius 3 is 2.17 bits per heavy atom. The molecule has 4 nitrogen and oxygen atoms in total. The smallest absolute Gasteiger partial charge is 0.234 e. The normalized spacial score (nSPS) is 14.1. The molecular weight excluding hydrogens is 226 g/mol. The Morgan fingerprint density at radius 2 is 1.78 bits per heavy atom. The predicted octanol–water partition coefficient (Wildman–Crippen LogP) is 1.47. The Morgan fingerprint density at radius 1 is 1.22 bits per heavy atom. The van der Waals surface area contributed by atoms with E-state index >= 15 is 0 Å². The summed E-state index contributed by atoms with van der Waals surface area (Å²) in [6.07, 6.45) is 1.01. The van der Waals surface area contributed by atoms with E-state index in [-0.39, 0.29) is 17.5 Å². The largest absolute Gasteiger partial charge is 0.351 e. The van der Waals surface area contributed by atoms with Crippen LogP contribution < -0.4 is 10.6 Å². The molecule has 4 heteroatoms. The van der Waals surface area contributed by atoms with E-state index in [1.165, 1.54) is 0 Å². The summed E-state index contributed by atoms with van der Waals surface area (Å²) in [4.78, 5) is 14.0. The first kappa shape index (κ1) is 17.4. The van der Waals surface area contributed by atoms with Crippen LogP contribution in [0.15, 0.2) is 0 Å². The number of likely N-dealkylation sites (N-methyl/N-ethyl adjacent to an activating group) is 1. The number of rotatable bonds is 7. The fraction of sp³-hybridized carbons (Fsp3) is 0.929. The van der Waals surface area contributed by atoms with Gasteiger partial charge in [-0.05, 0) is 47.2 Å². The van der Waals surface area contributed by atoms with Crippen LogP contribution in [0.2, 0.25) is 0 Å². The van der Waals surface area contributed by atoms with E-state index in [0.29, 0.717) is 12.5 Å². The molecular formula is C14H31N3O. The Kier molecular flexibility index (Phi) is 7.48. The van der Waals surface area contributed by atoms with Gasteiger partial charge in [0, 0.05) is 18.1 Å². The lowest BCUT2D eigenvalue weighted by Gasteiger charge is -2.25. The van der Waals surface area contributed by atoms with E-state index in [4.69, 9.17) is 0 Å². The highest BCUT2D eigenvalue weighted by molar-refractivity contribution is 5.78. The average Bonchev–Trinajstić information content (AvgIpc) is 2.11. The second-order valence-corrected chi connectivity index (χ2v) is 6.76. The third-order valence-corrected chi connectivity index (χ3v) is 2.49. The zero-order valence-electron chi connectivity index (χ0n) is 13.1. The number of hydrogen-bond acceptors (Lipinski definition) is 3. The predicted molar refractivity (Wildman–Crippen MR) is 77.7 cm³/mol. The summed E-state index contributed by atoms with van der Waals surface area (Å²) in [7, 11) is 4.07. The minimum absolute atomic E-state index is 0.0214. The van der Waals surface area contributed by atoms with Gasteiger partial charge in [0.25, 0.3) is 0 Å². The molecule has 0 aliphatic heterocycles. The van der Waals surface area contributed by atoms with Gasteiger partial charge in [0.05, 0.1) is 6.54 Å². The first-order chi connectivity index (χ1) is 8.10. The number of hydrogen-bond donors (Lipinski definition) is 2. The summed E-state index contributed by atoms with van der Waals surface area (Å²) in [6.45, 7) is 11.8. The van der Waals surface area contributed by atoms with Crippen LogP contribution >= 0.6 is 0 Å². The number of carbonyl (C=O) groups excluding carboxylic acids is 1. The lowest BCUT2D eigenvalue weighted by molar-refractivity contribution is -0.121. The highest BCUT2D eigenvalue weighted by atomic mass is 16.2. The van der Waals surface area contributed by atoms with Crippen LogP contribution in [0.25, 0.3) is 0 Å². The fourth-order valence-corrected chi connectivity index (χ4v) is 1.81. The maximum atomic E-state index is 11.9. The maximum absolute atomic E-state index is 11.9. The molecule has 0 aliphatic rings. The second kappa shape index (κ2) is 7.74. The Hall–Kier alpha value is -0.610. The molecule has 1 amide bonds. The standard InChI is InChI=1S/C14H31N3O/c1-11(2)8-12(10-17(6)7)16-13(18)9-15-14(3,4)5/h11-12,15H,8-10H2,1-7H3,(H,16,18). The van der Waals surface area contributed by atoms with Gasteiger partial charge in [0.2, 0.25) is 5.91 Å². The quantitative estimate of drug-likeness (QED) is 0.726. The monoisotopic (exact) mass is 257 g/mol. The van der Waals surface area contributed by atoms with E-state index in [2.05, 4.69) is 50.2 Å². The number of amides is 1. The van der Waals surface area contributed by atoms with Crippen LogP contribution in [0.5, 0.6) is 0 Å². The lowest BCUT2D eigenvalue weighted by Crippen LogP contribution is -2.48. The van der Waals surface area contributed by atoms with E-state index in [1.807, 2.05) is 14.1 Å². The zero-order chi connectivity index (χ0) is 14.3. The van der Waals surface area contributed by atoms with Crippen LogP contribution in [0.3, 0.4) is 0 Å². The summed E-state index contributed by atoms with van der Waals surface area (Å²) < 4.78 is 0. The van der Waals surface area contributed by atoms with Crippen molar-refractivity contribution in [2.45, 2.75) is 52.6 Å². The first-order valence-corrected chi connectivity index (χ1v) is 6.79. The van der Waals surface area contributed by atoms with Crippen molar-refractivity contribution in [3.05, 3.63) is 0 Å². The third kappa shape index (κ3) is 10.5. The highest BCUT2D eigenvalue weighted by Gasteiger charge is 2.16. The van der Waals surface area contributed by atoms with E-state index in [9.17, 15) is 4.79 Å². The molecule has 1 atom stereocenters. The molecule has 0 aliphatic carbocycles. The molecule has 108 valence electrons. The second-order valence-electron chi connectivity index (χ2n) is 6.76. The van der Waals surface area contributed by atoms with Gasteiger partial charge in [0.1, 0.15) is 0 Å². The molecule has 0 aromatic rings. The van der Waals surface area contributed by atoms with Crippen LogP contribution in [0.4, 0.5) is 0 Å². The van der Waals surface area contributed by atoms with Gasteiger partial charge in [-0.25, -0.2) is 0 Å². The van der Waals surface area contributed by atoms with Gasteiger partial charge in [0.15, 0.2) is 0 Å². The zero-order valence-corrected chi connectivity index (χ0v) is 13.1. The Bertz CT molecular complexity index is 234. The van der Waals surface area contributed by atoms with Crippen molar-refractivity contribution in [3.63, 3.8) is 0 Å². The number of nitrogens with one attached hydrogen (secondary N) is 2. The summed E-state index contributed by atoms with van der Waals surface area (Å²) in [6, 6.07) is 0.231. The SMILES string of the molecule is CC(C)CC(CN(C)C)NC(=O)CNC(C)(C)C. The fourth-order valence-electron chi connectivity index (χ4n) is 1.81. The van der Waals surface area contributed by atoms with Crippen molar-refractivity contribution >= 4 is 5.91 Å². The van der Waals surface area contributed by atoms with Gasteiger partial charge in [-0.2, -0.15) is 0 Å². The van der Waals surface area contributed by atoms with Crippen molar-refractivity contribution in [1.29, 1.82) is 0 Å². The summed E-state index contributed by atoms with van der Waals surface area (Å²) in [5, 5.41) is 6.32. The van der Waals surface area contributed by atoms with Crippen LogP contribution in [-0.2, 0) is 4.79 Å². The first-order valence-electron chi connectivity index (χ1n) is 6.79. The Balaban J connectivity index is 4.17. The van der Waals surface area contributed by atoms with Crippen LogP contribution in [0, 0.1) is 5.92 Å². The molecule has 0 radical (unpaired) electrons.